The number of aryl methyl sites for hydroxylation is 1. The van der Waals surface area contributed by atoms with Crippen LogP contribution in [0.2, 0.25) is 0 Å². The van der Waals surface area contributed by atoms with Gasteiger partial charge in [0, 0.05) is 5.56 Å². The molecular weight excluding hydrogens is 400 g/mol. The van der Waals surface area contributed by atoms with Gasteiger partial charge in [-0.15, -0.1) is 0 Å². The second kappa shape index (κ2) is 11.8. The summed E-state index contributed by atoms with van der Waals surface area (Å²) < 4.78 is 11.6. The number of hydrogen-bond donors (Lipinski definition) is 0. The first-order valence-electron chi connectivity index (χ1n) is 11.3. The van der Waals surface area contributed by atoms with E-state index in [-0.39, 0.29) is 5.75 Å². The van der Waals surface area contributed by atoms with Crippen molar-refractivity contribution in [1.29, 1.82) is 0 Å². The molecule has 0 saturated heterocycles. The largest absolute Gasteiger partial charge is 0.419 e. The molecule has 0 saturated carbocycles. The van der Waals surface area contributed by atoms with Crippen molar-refractivity contribution < 1.29 is 19.1 Å². The van der Waals surface area contributed by atoms with Crippen molar-refractivity contribution >= 4 is 11.9 Å². The molecule has 0 amide bonds. The average Bonchev–Trinajstić information content (AvgIpc) is 2.84. The Balaban J connectivity index is 2.01. The van der Waals surface area contributed by atoms with E-state index < -0.39 is 11.9 Å². The van der Waals surface area contributed by atoms with E-state index in [4.69, 9.17) is 9.47 Å². The minimum Gasteiger partial charge on any atom is -0.419 e. The highest BCUT2D eigenvalue weighted by Crippen LogP contribution is 2.37. The van der Waals surface area contributed by atoms with Crippen molar-refractivity contribution in [3.63, 3.8) is 0 Å². The molecule has 0 bridgehead atoms. The summed E-state index contributed by atoms with van der Waals surface area (Å²) in [6, 6.07) is 21.4. The first-order chi connectivity index (χ1) is 15.6. The zero-order valence-electron chi connectivity index (χ0n) is 18.8. The molecule has 0 spiro atoms. The van der Waals surface area contributed by atoms with E-state index in [0.29, 0.717) is 16.9 Å². The number of carbonyl (C=O) groups is 2. The number of ether oxygens (including phenoxy) is 2. The summed E-state index contributed by atoms with van der Waals surface area (Å²) in [7, 11) is 0. The lowest BCUT2D eigenvalue weighted by Gasteiger charge is -2.18. The van der Waals surface area contributed by atoms with Crippen LogP contribution in [0.15, 0.2) is 72.8 Å². The van der Waals surface area contributed by atoms with Crippen LogP contribution in [-0.4, -0.2) is 11.9 Å². The van der Waals surface area contributed by atoms with Gasteiger partial charge in [0.1, 0.15) is 0 Å². The number of hydrogen-bond acceptors (Lipinski definition) is 4. The second-order valence-corrected chi connectivity index (χ2v) is 7.75. The van der Waals surface area contributed by atoms with E-state index >= 15 is 0 Å². The SMILES string of the molecule is CCCCc1ccc(OC(=O)c2ccccc2)c(OC(=O)c2ccccc2)c1CCCC. The van der Waals surface area contributed by atoms with E-state index in [0.717, 1.165) is 49.7 Å². The predicted octanol–water partition coefficient (Wildman–Crippen LogP) is 6.81. The number of benzene rings is 3. The average molecular weight is 431 g/mol. The molecule has 0 aromatic heterocycles. The molecule has 166 valence electrons. The highest BCUT2D eigenvalue weighted by molar-refractivity contribution is 5.93. The first kappa shape index (κ1) is 23.3. The van der Waals surface area contributed by atoms with Gasteiger partial charge in [0.2, 0.25) is 0 Å². The van der Waals surface area contributed by atoms with Crippen molar-refractivity contribution in [3.05, 3.63) is 95.1 Å². The molecule has 0 unspecified atom stereocenters. The lowest BCUT2D eigenvalue weighted by Crippen LogP contribution is -2.15. The Morgan fingerprint density at radius 1 is 0.656 bits per heavy atom. The quantitative estimate of drug-likeness (QED) is 0.262. The third kappa shape index (κ3) is 6.07. The van der Waals surface area contributed by atoms with Gasteiger partial charge < -0.3 is 9.47 Å². The maximum absolute atomic E-state index is 12.9. The summed E-state index contributed by atoms with van der Waals surface area (Å²) in [4.78, 5) is 25.7. The Kier molecular flexibility index (Phi) is 8.61. The predicted molar refractivity (Wildman–Crippen MR) is 126 cm³/mol. The fourth-order valence-electron chi connectivity index (χ4n) is 3.53. The zero-order valence-corrected chi connectivity index (χ0v) is 18.8. The van der Waals surface area contributed by atoms with Crippen LogP contribution in [0, 0.1) is 0 Å². The van der Waals surface area contributed by atoms with Gasteiger partial charge in [-0.05, 0) is 61.6 Å². The Morgan fingerprint density at radius 2 is 1.19 bits per heavy atom. The Bertz CT molecular complexity index is 1030. The molecule has 0 atom stereocenters. The van der Waals surface area contributed by atoms with E-state index in [1.807, 2.05) is 18.2 Å². The maximum atomic E-state index is 12.9. The smallest absolute Gasteiger partial charge is 0.343 e. The third-order valence-corrected chi connectivity index (χ3v) is 5.32. The van der Waals surface area contributed by atoms with Crippen LogP contribution < -0.4 is 9.47 Å². The summed E-state index contributed by atoms with van der Waals surface area (Å²) >= 11 is 0. The standard InChI is InChI=1S/C28H30O4/c1-3-5-13-21-19-20-25(31-27(29)22-14-9-7-10-15-22)26(24(21)18-6-4-2)32-28(30)23-16-11-8-12-17-23/h7-12,14-17,19-20H,3-6,13,18H2,1-2H3. The molecule has 0 heterocycles. The molecule has 0 aliphatic carbocycles. The number of unbranched alkanes of at least 4 members (excludes halogenated alkanes) is 2. The van der Waals surface area contributed by atoms with Gasteiger partial charge in [0.15, 0.2) is 11.5 Å². The molecular formula is C28H30O4. The highest BCUT2D eigenvalue weighted by atomic mass is 16.6. The molecule has 4 heteroatoms. The van der Waals surface area contributed by atoms with E-state index in [1.165, 1.54) is 0 Å². The third-order valence-electron chi connectivity index (χ3n) is 5.32. The molecule has 4 nitrogen and oxygen atoms in total. The van der Waals surface area contributed by atoms with Gasteiger partial charge in [-0.1, -0.05) is 69.2 Å². The van der Waals surface area contributed by atoms with Crippen LogP contribution in [0.25, 0.3) is 0 Å². The fraction of sp³-hybridized carbons (Fsp3) is 0.286. The summed E-state index contributed by atoms with van der Waals surface area (Å²) in [6.07, 6.45) is 5.70. The number of carbonyl (C=O) groups excluding carboxylic acids is 2. The van der Waals surface area contributed by atoms with Crippen LogP contribution in [0.3, 0.4) is 0 Å². The van der Waals surface area contributed by atoms with Gasteiger partial charge in [0.25, 0.3) is 0 Å². The molecule has 0 aliphatic heterocycles. The monoisotopic (exact) mass is 430 g/mol. The minimum absolute atomic E-state index is 0.273. The second-order valence-electron chi connectivity index (χ2n) is 7.75. The van der Waals surface area contributed by atoms with Crippen LogP contribution in [0.4, 0.5) is 0 Å². The molecule has 32 heavy (non-hydrogen) atoms. The van der Waals surface area contributed by atoms with Crippen molar-refractivity contribution in [1.82, 2.24) is 0 Å². The molecule has 3 aromatic rings. The number of rotatable bonds is 10. The molecule has 0 fully saturated rings. The molecule has 0 radical (unpaired) electrons. The molecule has 0 N–H and O–H groups in total. The van der Waals surface area contributed by atoms with Crippen LogP contribution in [0.5, 0.6) is 11.5 Å². The van der Waals surface area contributed by atoms with Gasteiger partial charge in [-0.3, -0.25) is 0 Å². The van der Waals surface area contributed by atoms with Crippen LogP contribution in [0.1, 0.15) is 71.4 Å². The Hall–Kier alpha value is -3.40. The van der Waals surface area contributed by atoms with E-state index in [9.17, 15) is 9.59 Å². The molecule has 3 rings (SSSR count). The first-order valence-corrected chi connectivity index (χ1v) is 11.3. The minimum atomic E-state index is -0.481. The zero-order chi connectivity index (χ0) is 22.8. The van der Waals surface area contributed by atoms with Gasteiger partial charge >= 0.3 is 11.9 Å². The van der Waals surface area contributed by atoms with Gasteiger partial charge in [-0.25, -0.2) is 9.59 Å². The van der Waals surface area contributed by atoms with Gasteiger partial charge in [-0.2, -0.15) is 0 Å². The van der Waals surface area contributed by atoms with E-state index in [1.54, 1.807) is 54.6 Å². The van der Waals surface area contributed by atoms with Crippen molar-refractivity contribution in [3.8, 4) is 11.5 Å². The fourth-order valence-corrected chi connectivity index (χ4v) is 3.53. The van der Waals surface area contributed by atoms with Crippen LogP contribution >= 0.6 is 0 Å². The lowest BCUT2D eigenvalue weighted by molar-refractivity contribution is 0.0680. The Morgan fingerprint density at radius 3 is 1.75 bits per heavy atom. The van der Waals surface area contributed by atoms with Crippen molar-refractivity contribution in [2.24, 2.45) is 0 Å². The molecule has 0 aliphatic rings. The summed E-state index contributed by atoms with van der Waals surface area (Å²) in [5, 5.41) is 0. The number of esters is 2. The van der Waals surface area contributed by atoms with Crippen molar-refractivity contribution in [2.75, 3.05) is 0 Å². The topological polar surface area (TPSA) is 52.6 Å². The summed E-state index contributed by atoms with van der Waals surface area (Å²) in [5.74, 6) is -0.321. The van der Waals surface area contributed by atoms with Gasteiger partial charge in [0.05, 0.1) is 11.1 Å². The summed E-state index contributed by atoms with van der Waals surface area (Å²) in [5.41, 5.74) is 2.98. The van der Waals surface area contributed by atoms with Crippen molar-refractivity contribution in [2.45, 2.75) is 52.4 Å². The summed E-state index contributed by atoms with van der Waals surface area (Å²) in [6.45, 7) is 4.28. The Labute approximate surface area is 190 Å². The van der Waals surface area contributed by atoms with E-state index in [2.05, 4.69) is 13.8 Å². The highest BCUT2D eigenvalue weighted by Gasteiger charge is 2.22. The normalized spacial score (nSPS) is 10.6. The van der Waals surface area contributed by atoms with Crippen LogP contribution in [-0.2, 0) is 12.8 Å². The maximum Gasteiger partial charge on any atom is 0.343 e. The molecule has 3 aromatic carbocycles. The lowest BCUT2D eigenvalue weighted by atomic mass is 9.96.